The van der Waals surface area contributed by atoms with Crippen LogP contribution in [-0.2, 0) is 4.79 Å². The first kappa shape index (κ1) is 20.7. The zero-order valence-corrected chi connectivity index (χ0v) is 17.9. The van der Waals surface area contributed by atoms with Gasteiger partial charge < -0.3 is 15.3 Å². The maximum absolute atomic E-state index is 11.2. The van der Waals surface area contributed by atoms with Crippen molar-refractivity contribution in [2.24, 2.45) is 46.3 Å². The molecular weight excluding hydrogens is 352 g/mol. The summed E-state index contributed by atoms with van der Waals surface area (Å²) in [6, 6.07) is 0. The van der Waals surface area contributed by atoms with Gasteiger partial charge in [-0.25, -0.2) is 0 Å². The van der Waals surface area contributed by atoms with Gasteiger partial charge in [-0.3, -0.25) is 4.79 Å². The van der Waals surface area contributed by atoms with E-state index in [1.807, 2.05) is 0 Å². The van der Waals surface area contributed by atoms with Crippen molar-refractivity contribution >= 4 is 5.97 Å². The minimum absolute atomic E-state index is 0.179. The van der Waals surface area contributed by atoms with Gasteiger partial charge in [-0.05, 0) is 104 Å². The summed E-state index contributed by atoms with van der Waals surface area (Å²) in [5.74, 6) is 2.36. The van der Waals surface area contributed by atoms with Crippen molar-refractivity contribution in [2.75, 3.05) is 0 Å². The highest BCUT2D eigenvalue weighted by atomic mass is 16.4. The zero-order valence-electron chi connectivity index (χ0n) is 17.9. The number of aliphatic hydroxyl groups is 2. The van der Waals surface area contributed by atoms with Gasteiger partial charge in [0.2, 0.25) is 0 Å². The summed E-state index contributed by atoms with van der Waals surface area (Å²) < 4.78 is 0. The monoisotopic (exact) mass is 392 g/mol. The molecule has 0 bridgehead atoms. The van der Waals surface area contributed by atoms with Crippen LogP contribution < -0.4 is 0 Å². The molecule has 28 heavy (non-hydrogen) atoms. The maximum atomic E-state index is 11.2. The van der Waals surface area contributed by atoms with Crippen LogP contribution in [-0.4, -0.2) is 33.5 Å². The Labute approximate surface area is 170 Å². The van der Waals surface area contributed by atoms with E-state index < -0.39 is 5.97 Å². The van der Waals surface area contributed by atoms with Crippen LogP contribution in [0.3, 0.4) is 0 Å². The van der Waals surface area contributed by atoms with Crippen LogP contribution in [0.25, 0.3) is 0 Å². The fourth-order valence-corrected chi connectivity index (χ4v) is 8.73. The van der Waals surface area contributed by atoms with Gasteiger partial charge in [0.05, 0.1) is 12.2 Å². The Kier molecular flexibility index (Phi) is 5.36. The molecule has 4 nitrogen and oxygen atoms in total. The van der Waals surface area contributed by atoms with Crippen LogP contribution in [0.4, 0.5) is 0 Å². The Morgan fingerprint density at radius 2 is 1.68 bits per heavy atom. The summed E-state index contributed by atoms with van der Waals surface area (Å²) in [5, 5.41) is 30.5. The number of carbonyl (C=O) groups is 1. The summed E-state index contributed by atoms with van der Waals surface area (Å²) in [6.07, 6.45) is 9.19. The van der Waals surface area contributed by atoms with E-state index in [1.165, 1.54) is 25.7 Å². The SMILES string of the molecule is C[C@H](CCC(=O)O)[C@H]1CCC2C3C(O)C[C@@H]4C[C@H](O)CC[C@]4(C)C3CC[C@@]21C. The Bertz CT molecular complexity index is 605. The quantitative estimate of drug-likeness (QED) is 0.659. The van der Waals surface area contributed by atoms with Crippen LogP contribution in [0.1, 0.15) is 85.0 Å². The predicted octanol–water partition coefficient (Wildman–Crippen LogP) is 4.48. The third-order valence-corrected chi connectivity index (χ3v) is 10.2. The molecular formula is C24H40O4. The van der Waals surface area contributed by atoms with Crippen molar-refractivity contribution in [3.05, 3.63) is 0 Å². The van der Waals surface area contributed by atoms with E-state index >= 15 is 0 Å². The number of aliphatic carboxylic acids is 1. The molecule has 0 spiro atoms. The van der Waals surface area contributed by atoms with E-state index in [9.17, 15) is 15.0 Å². The summed E-state index contributed by atoms with van der Waals surface area (Å²) in [5.41, 5.74) is 0.523. The number of carboxylic acids is 1. The molecule has 4 aliphatic rings. The van der Waals surface area contributed by atoms with Crippen LogP contribution in [0.15, 0.2) is 0 Å². The van der Waals surface area contributed by atoms with Gasteiger partial charge in [-0.1, -0.05) is 20.8 Å². The van der Waals surface area contributed by atoms with Gasteiger partial charge in [-0.15, -0.1) is 0 Å². The lowest BCUT2D eigenvalue weighted by atomic mass is 9.43. The zero-order chi connectivity index (χ0) is 20.3. The second-order valence-electron chi connectivity index (χ2n) is 11.4. The molecule has 0 aromatic heterocycles. The lowest BCUT2D eigenvalue weighted by Gasteiger charge is -2.62. The van der Waals surface area contributed by atoms with Gasteiger partial charge in [0.15, 0.2) is 0 Å². The Balaban J connectivity index is 1.55. The number of hydrogen-bond acceptors (Lipinski definition) is 3. The first-order chi connectivity index (χ1) is 13.2. The lowest BCUT2D eigenvalue weighted by molar-refractivity contribution is -0.174. The van der Waals surface area contributed by atoms with Crippen LogP contribution in [0, 0.1) is 46.3 Å². The second-order valence-corrected chi connectivity index (χ2v) is 11.4. The summed E-state index contributed by atoms with van der Waals surface area (Å²) in [4.78, 5) is 11.1. The number of rotatable bonds is 4. The highest BCUT2D eigenvalue weighted by Crippen LogP contribution is 2.68. The van der Waals surface area contributed by atoms with Crippen molar-refractivity contribution < 1.29 is 20.1 Å². The summed E-state index contributed by atoms with van der Waals surface area (Å²) >= 11 is 0. The highest BCUT2D eigenvalue weighted by Gasteiger charge is 2.62. The molecule has 0 aromatic carbocycles. The van der Waals surface area contributed by atoms with Gasteiger partial charge >= 0.3 is 5.97 Å². The Morgan fingerprint density at radius 3 is 2.39 bits per heavy atom. The van der Waals surface area contributed by atoms with Gasteiger partial charge in [0.25, 0.3) is 0 Å². The second kappa shape index (κ2) is 7.27. The molecule has 4 heteroatoms. The van der Waals surface area contributed by atoms with Crippen LogP contribution in [0.5, 0.6) is 0 Å². The highest BCUT2D eigenvalue weighted by molar-refractivity contribution is 5.66. The number of carboxylic acid groups (broad SMARTS) is 1. The van der Waals surface area contributed by atoms with E-state index in [2.05, 4.69) is 20.8 Å². The Morgan fingerprint density at radius 1 is 1.00 bits per heavy atom. The fraction of sp³-hybridized carbons (Fsp3) is 0.958. The summed E-state index contributed by atoms with van der Waals surface area (Å²) in [6.45, 7) is 7.16. The average Bonchev–Trinajstić information content (AvgIpc) is 2.98. The molecule has 3 N–H and O–H groups in total. The predicted molar refractivity (Wildman–Crippen MR) is 109 cm³/mol. The molecule has 160 valence electrons. The molecule has 4 unspecified atom stereocenters. The molecule has 4 rings (SSSR count). The standard InChI is InChI=1S/C24H40O4/c1-14(4-7-21(27)28)17-5-6-18-22-19(9-11-24(17,18)3)23(2)10-8-16(25)12-15(23)13-20(22)26/h14-20,22,25-26H,4-13H2,1-3H3,(H,27,28)/t14-,15+,16-,17-,18?,19?,20?,22?,23+,24-/m1/s1. The lowest BCUT2D eigenvalue weighted by Crippen LogP contribution is -2.58. The minimum atomic E-state index is -0.684. The van der Waals surface area contributed by atoms with E-state index in [-0.39, 0.29) is 29.5 Å². The van der Waals surface area contributed by atoms with E-state index in [0.717, 1.165) is 32.1 Å². The first-order valence-corrected chi connectivity index (χ1v) is 11.7. The van der Waals surface area contributed by atoms with Crippen molar-refractivity contribution in [1.82, 2.24) is 0 Å². The number of hydrogen-bond donors (Lipinski definition) is 3. The first-order valence-electron chi connectivity index (χ1n) is 11.7. The molecule has 10 atom stereocenters. The molecule has 0 amide bonds. The van der Waals surface area contributed by atoms with Crippen molar-refractivity contribution in [1.29, 1.82) is 0 Å². The average molecular weight is 393 g/mol. The third kappa shape index (κ3) is 3.14. The van der Waals surface area contributed by atoms with E-state index in [0.29, 0.717) is 35.5 Å². The topological polar surface area (TPSA) is 77.8 Å². The molecule has 0 aromatic rings. The normalized spacial score (nSPS) is 51.7. The molecule has 4 fully saturated rings. The molecule has 4 aliphatic carbocycles. The maximum Gasteiger partial charge on any atom is 0.303 e. The van der Waals surface area contributed by atoms with Crippen LogP contribution >= 0.6 is 0 Å². The molecule has 0 saturated heterocycles. The van der Waals surface area contributed by atoms with Gasteiger partial charge in [0, 0.05) is 6.42 Å². The molecule has 4 saturated carbocycles. The molecule has 0 radical (unpaired) electrons. The van der Waals surface area contributed by atoms with Crippen molar-refractivity contribution in [3.63, 3.8) is 0 Å². The fourth-order valence-electron chi connectivity index (χ4n) is 8.73. The van der Waals surface area contributed by atoms with Gasteiger partial charge in [0.1, 0.15) is 0 Å². The number of aliphatic hydroxyl groups excluding tert-OH is 2. The van der Waals surface area contributed by atoms with Crippen molar-refractivity contribution in [3.8, 4) is 0 Å². The molecule has 0 heterocycles. The van der Waals surface area contributed by atoms with E-state index in [4.69, 9.17) is 5.11 Å². The Hall–Kier alpha value is -0.610. The van der Waals surface area contributed by atoms with Crippen LogP contribution in [0.2, 0.25) is 0 Å². The smallest absolute Gasteiger partial charge is 0.303 e. The third-order valence-electron chi connectivity index (χ3n) is 10.2. The van der Waals surface area contributed by atoms with Crippen molar-refractivity contribution in [2.45, 2.75) is 97.2 Å². The summed E-state index contributed by atoms with van der Waals surface area (Å²) in [7, 11) is 0. The largest absolute Gasteiger partial charge is 0.481 e. The minimum Gasteiger partial charge on any atom is -0.481 e. The number of fused-ring (bicyclic) bond motifs is 5. The van der Waals surface area contributed by atoms with E-state index in [1.54, 1.807) is 0 Å². The van der Waals surface area contributed by atoms with Gasteiger partial charge in [-0.2, -0.15) is 0 Å². The molecule has 0 aliphatic heterocycles.